The number of carbonyl (C=O) groups is 3. The van der Waals surface area contributed by atoms with Crippen LogP contribution in [-0.4, -0.2) is 29.0 Å². The van der Waals surface area contributed by atoms with Crippen molar-refractivity contribution in [2.24, 2.45) is 7.05 Å². The average Bonchev–Trinajstić information content (AvgIpc) is 3.01. The zero-order valence-electron chi connectivity index (χ0n) is 13.7. The van der Waals surface area contributed by atoms with E-state index in [0.717, 1.165) is 5.56 Å². The van der Waals surface area contributed by atoms with Gasteiger partial charge in [-0.25, -0.2) is 0 Å². The molecular weight excluding hydrogens is 308 g/mol. The van der Waals surface area contributed by atoms with Gasteiger partial charge >= 0.3 is 5.97 Å². The first kappa shape index (κ1) is 17.5. The van der Waals surface area contributed by atoms with E-state index in [1.165, 1.54) is 0 Å². The zero-order valence-corrected chi connectivity index (χ0v) is 13.7. The number of aromatic nitrogens is 1. The number of ether oxygens (including phenoxy) is 1. The topological polar surface area (TPSA) is 77.4 Å². The van der Waals surface area contributed by atoms with E-state index >= 15 is 0 Å². The number of hydrogen-bond donors (Lipinski definition) is 1. The fourth-order valence-electron chi connectivity index (χ4n) is 2.38. The minimum absolute atomic E-state index is 0.352. The number of esters is 1. The first-order valence-electron chi connectivity index (χ1n) is 7.70. The molecule has 6 nitrogen and oxygen atoms in total. The second kappa shape index (κ2) is 8.10. The van der Waals surface area contributed by atoms with Gasteiger partial charge in [0, 0.05) is 13.2 Å². The van der Waals surface area contributed by atoms with Crippen molar-refractivity contribution < 1.29 is 19.1 Å². The lowest BCUT2D eigenvalue weighted by Gasteiger charge is -2.14. The lowest BCUT2D eigenvalue weighted by molar-refractivity contribution is -0.149. The van der Waals surface area contributed by atoms with Gasteiger partial charge in [-0.2, -0.15) is 0 Å². The summed E-state index contributed by atoms with van der Waals surface area (Å²) in [5.41, 5.74) is 1.19. The summed E-state index contributed by atoms with van der Waals surface area (Å²) >= 11 is 0. The van der Waals surface area contributed by atoms with E-state index in [1.54, 1.807) is 29.9 Å². The van der Waals surface area contributed by atoms with E-state index in [4.69, 9.17) is 4.74 Å². The summed E-state index contributed by atoms with van der Waals surface area (Å²) in [6.07, 6.45) is 2.26. The molecular formula is C18H20N2O4. The maximum Gasteiger partial charge on any atom is 0.313 e. The molecule has 0 bridgehead atoms. The van der Waals surface area contributed by atoms with Gasteiger partial charge in [0.15, 0.2) is 6.61 Å². The van der Waals surface area contributed by atoms with Crippen molar-refractivity contribution in [3.05, 3.63) is 59.9 Å². The molecule has 0 radical (unpaired) electrons. The number of nitrogens with zero attached hydrogens (tertiary/aromatic N) is 1. The summed E-state index contributed by atoms with van der Waals surface area (Å²) in [6, 6.07) is 12.5. The Kier molecular flexibility index (Phi) is 5.89. The van der Waals surface area contributed by atoms with Crippen molar-refractivity contribution in [2.45, 2.75) is 19.3 Å². The molecule has 1 unspecified atom stereocenters. The number of carbonyl (C=O) groups excluding carboxylic acids is 3. The predicted octanol–water partition coefficient (Wildman–Crippen LogP) is 2.02. The third-order valence-corrected chi connectivity index (χ3v) is 3.67. The molecule has 126 valence electrons. The van der Waals surface area contributed by atoms with Gasteiger partial charge in [-0.3, -0.25) is 19.7 Å². The van der Waals surface area contributed by atoms with Crippen LogP contribution in [0.3, 0.4) is 0 Å². The molecule has 24 heavy (non-hydrogen) atoms. The van der Waals surface area contributed by atoms with E-state index < -0.39 is 30.3 Å². The highest BCUT2D eigenvalue weighted by Crippen LogP contribution is 2.20. The Hall–Kier alpha value is -2.89. The van der Waals surface area contributed by atoms with Crippen LogP contribution in [0.5, 0.6) is 0 Å². The molecule has 0 aliphatic rings. The van der Waals surface area contributed by atoms with Crippen molar-refractivity contribution in [3.63, 3.8) is 0 Å². The molecule has 0 spiro atoms. The molecule has 1 heterocycles. The third-order valence-electron chi connectivity index (χ3n) is 3.67. The van der Waals surface area contributed by atoms with E-state index in [1.807, 2.05) is 37.3 Å². The molecule has 0 aliphatic carbocycles. The van der Waals surface area contributed by atoms with Crippen LogP contribution in [0.1, 0.15) is 35.3 Å². The maximum absolute atomic E-state index is 12.2. The standard InChI is InChI=1S/C18H20N2O4/c1-3-14(13-8-5-4-6-9-13)18(23)24-12-16(21)19-17(22)15-10-7-11-20(15)2/h4-11,14H,3,12H2,1-2H3,(H,19,21,22). The molecule has 2 aromatic rings. The van der Waals surface area contributed by atoms with Crippen LogP contribution in [0.4, 0.5) is 0 Å². The highest BCUT2D eigenvalue weighted by atomic mass is 16.5. The summed E-state index contributed by atoms with van der Waals surface area (Å²) in [5, 5.41) is 2.20. The molecule has 0 fully saturated rings. The summed E-state index contributed by atoms with van der Waals surface area (Å²) in [6.45, 7) is 1.39. The number of imide groups is 1. The fraction of sp³-hybridized carbons (Fsp3) is 0.278. The molecule has 1 N–H and O–H groups in total. The van der Waals surface area contributed by atoms with E-state index in [0.29, 0.717) is 12.1 Å². The largest absolute Gasteiger partial charge is 0.455 e. The van der Waals surface area contributed by atoms with Gasteiger partial charge in [-0.1, -0.05) is 37.3 Å². The number of hydrogen-bond acceptors (Lipinski definition) is 4. The highest BCUT2D eigenvalue weighted by molar-refractivity contribution is 6.04. The Balaban J connectivity index is 1.88. The Morgan fingerprint density at radius 3 is 2.42 bits per heavy atom. The van der Waals surface area contributed by atoms with Crippen molar-refractivity contribution >= 4 is 17.8 Å². The van der Waals surface area contributed by atoms with Crippen molar-refractivity contribution in [1.29, 1.82) is 0 Å². The fourth-order valence-corrected chi connectivity index (χ4v) is 2.38. The van der Waals surface area contributed by atoms with Gasteiger partial charge in [-0.05, 0) is 24.1 Å². The predicted molar refractivity (Wildman–Crippen MR) is 88.3 cm³/mol. The maximum atomic E-state index is 12.2. The lowest BCUT2D eigenvalue weighted by Crippen LogP contribution is -2.35. The molecule has 0 saturated heterocycles. The molecule has 2 rings (SSSR count). The summed E-state index contributed by atoms with van der Waals surface area (Å²) in [4.78, 5) is 35.8. The minimum atomic E-state index is -0.655. The summed E-state index contributed by atoms with van der Waals surface area (Å²) in [5.74, 6) is -2.09. The monoisotopic (exact) mass is 328 g/mol. The quantitative estimate of drug-likeness (QED) is 0.823. The summed E-state index contributed by atoms with van der Waals surface area (Å²) < 4.78 is 6.64. The van der Waals surface area contributed by atoms with Crippen molar-refractivity contribution in [2.75, 3.05) is 6.61 Å². The second-order valence-electron chi connectivity index (χ2n) is 5.36. The Morgan fingerprint density at radius 1 is 1.12 bits per heavy atom. The average molecular weight is 328 g/mol. The van der Waals surface area contributed by atoms with Gasteiger partial charge in [0.25, 0.3) is 11.8 Å². The summed E-state index contributed by atoms with van der Waals surface area (Å²) in [7, 11) is 1.70. The number of rotatable bonds is 6. The van der Waals surface area contributed by atoms with E-state index in [-0.39, 0.29) is 0 Å². The van der Waals surface area contributed by atoms with Crippen LogP contribution in [-0.2, 0) is 21.4 Å². The first-order chi connectivity index (χ1) is 11.5. The molecule has 0 saturated carbocycles. The lowest BCUT2D eigenvalue weighted by atomic mass is 9.97. The first-order valence-corrected chi connectivity index (χ1v) is 7.70. The van der Waals surface area contributed by atoms with Gasteiger partial charge in [0.05, 0.1) is 5.92 Å². The van der Waals surface area contributed by atoms with E-state index in [2.05, 4.69) is 5.32 Å². The second-order valence-corrected chi connectivity index (χ2v) is 5.36. The molecule has 6 heteroatoms. The SMILES string of the molecule is CCC(C(=O)OCC(=O)NC(=O)c1cccn1C)c1ccccc1. The van der Waals surface area contributed by atoms with Gasteiger partial charge in [0.1, 0.15) is 5.69 Å². The number of nitrogens with one attached hydrogen (secondary N) is 1. The van der Waals surface area contributed by atoms with E-state index in [9.17, 15) is 14.4 Å². The normalized spacial score (nSPS) is 11.6. The molecule has 2 amide bonds. The van der Waals surface area contributed by atoms with Crippen LogP contribution in [0.15, 0.2) is 48.7 Å². The minimum Gasteiger partial charge on any atom is -0.455 e. The molecule has 0 aliphatic heterocycles. The smallest absolute Gasteiger partial charge is 0.313 e. The van der Waals surface area contributed by atoms with Crippen molar-refractivity contribution in [1.82, 2.24) is 9.88 Å². The zero-order chi connectivity index (χ0) is 17.5. The van der Waals surface area contributed by atoms with Gasteiger partial charge < -0.3 is 9.30 Å². The molecule has 1 aromatic carbocycles. The molecule has 1 atom stereocenters. The van der Waals surface area contributed by atoms with Gasteiger partial charge in [0.2, 0.25) is 0 Å². The Morgan fingerprint density at radius 2 is 1.83 bits per heavy atom. The van der Waals surface area contributed by atoms with Crippen LogP contribution in [0, 0.1) is 0 Å². The van der Waals surface area contributed by atoms with Crippen LogP contribution >= 0.6 is 0 Å². The van der Waals surface area contributed by atoms with Crippen LogP contribution in [0.25, 0.3) is 0 Å². The third kappa shape index (κ3) is 4.32. The molecule has 1 aromatic heterocycles. The van der Waals surface area contributed by atoms with Crippen LogP contribution in [0.2, 0.25) is 0 Å². The Labute approximate surface area is 140 Å². The Bertz CT molecular complexity index is 722. The van der Waals surface area contributed by atoms with Crippen LogP contribution < -0.4 is 5.32 Å². The number of amides is 2. The van der Waals surface area contributed by atoms with Gasteiger partial charge in [-0.15, -0.1) is 0 Å². The van der Waals surface area contributed by atoms with Crippen molar-refractivity contribution in [3.8, 4) is 0 Å². The highest BCUT2D eigenvalue weighted by Gasteiger charge is 2.21. The number of aryl methyl sites for hydroxylation is 1. The number of benzene rings is 1.